The number of anilines is 3. The summed E-state index contributed by atoms with van der Waals surface area (Å²) >= 11 is 0. The summed E-state index contributed by atoms with van der Waals surface area (Å²) in [5, 5.41) is 2.52. The Kier molecular flexibility index (Phi) is 6.51. The topological polar surface area (TPSA) is 3.24 Å². The summed E-state index contributed by atoms with van der Waals surface area (Å²) in [7, 11) is 0. The molecule has 242 valence electrons. The average molecular weight is 652 g/mol. The highest BCUT2D eigenvalue weighted by atomic mass is 15.1. The van der Waals surface area contributed by atoms with Gasteiger partial charge in [-0.1, -0.05) is 153 Å². The van der Waals surface area contributed by atoms with Crippen LogP contribution in [-0.4, -0.2) is 0 Å². The van der Waals surface area contributed by atoms with Crippen LogP contribution in [0.2, 0.25) is 0 Å². The van der Waals surface area contributed by atoms with Gasteiger partial charge in [-0.25, -0.2) is 0 Å². The fourth-order valence-electron chi connectivity index (χ4n) is 9.16. The molecule has 0 aromatic heterocycles. The summed E-state index contributed by atoms with van der Waals surface area (Å²) in [5.74, 6) is 0. The summed E-state index contributed by atoms with van der Waals surface area (Å²) < 4.78 is 0. The molecule has 0 spiro atoms. The van der Waals surface area contributed by atoms with Gasteiger partial charge in [-0.05, 0) is 115 Å². The van der Waals surface area contributed by atoms with E-state index in [0.717, 1.165) is 17.1 Å². The Labute approximate surface area is 300 Å². The second kappa shape index (κ2) is 11.2. The van der Waals surface area contributed by atoms with Gasteiger partial charge in [0.05, 0.1) is 5.41 Å². The van der Waals surface area contributed by atoms with Crippen LogP contribution in [0, 0.1) is 0 Å². The van der Waals surface area contributed by atoms with Crippen molar-refractivity contribution in [1.29, 1.82) is 0 Å². The second-order valence-corrected chi connectivity index (χ2v) is 14.5. The Morgan fingerprint density at radius 3 is 1.45 bits per heavy atom. The maximum absolute atomic E-state index is 2.47. The van der Waals surface area contributed by atoms with Gasteiger partial charge < -0.3 is 4.90 Å². The van der Waals surface area contributed by atoms with Crippen LogP contribution in [0.5, 0.6) is 0 Å². The predicted molar refractivity (Wildman–Crippen MR) is 213 cm³/mol. The molecular weight excluding hydrogens is 615 g/mol. The van der Waals surface area contributed by atoms with Gasteiger partial charge in [0.1, 0.15) is 0 Å². The molecule has 1 nitrogen and oxygen atoms in total. The van der Waals surface area contributed by atoms with Crippen LogP contribution < -0.4 is 4.90 Å². The molecule has 0 N–H and O–H groups in total. The van der Waals surface area contributed by atoms with Crippen molar-refractivity contribution in [3.8, 4) is 22.3 Å². The lowest BCUT2D eigenvalue weighted by atomic mass is 9.67. The molecule has 51 heavy (non-hydrogen) atoms. The Bertz CT molecular complexity index is 2560. The minimum atomic E-state index is -0.503. The molecule has 0 fully saturated rings. The number of para-hydroxylation sites is 1. The third-order valence-electron chi connectivity index (χ3n) is 11.5. The van der Waals surface area contributed by atoms with E-state index in [1.807, 2.05) is 0 Å². The molecule has 10 rings (SSSR count). The van der Waals surface area contributed by atoms with Crippen molar-refractivity contribution in [2.45, 2.75) is 24.7 Å². The highest BCUT2D eigenvalue weighted by Crippen LogP contribution is 2.58. The van der Waals surface area contributed by atoms with Crippen molar-refractivity contribution in [2.24, 2.45) is 0 Å². The molecule has 2 aliphatic rings. The van der Waals surface area contributed by atoms with Crippen molar-refractivity contribution >= 4 is 27.8 Å². The van der Waals surface area contributed by atoms with E-state index < -0.39 is 5.41 Å². The quantitative estimate of drug-likeness (QED) is 0.179. The summed E-state index contributed by atoms with van der Waals surface area (Å²) in [6, 6.07) is 69.8. The fourth-order valence-corrected chi connectivity index (χ4v) is 9.16. The number of benzene rings is 8. The maximum atomic E-state index is 2.47. The standard InChI is InChI=1S/C50H37N/c1-49(2)45-25-15-14-24-41(45)42-28-26-39(32-46(42)49)51(38-22-10-5-11-23-38)40-27-29-43-44-30-34-16-12-13-17-35(34)31-47(44)50(48(43)33-40,36-18-6-3-7-19-36)37-20-8-4-9-21-37/h3-33H,1-2H3. The van der Waals surface area contributed by atoms with Gasteiger partial charge in [-0.15, -0.1) is 0 Å². The van der Waals surface area contributed by atoms with Crippen LogP contribution in [-0.2, 0) is 10.8 Å². The minimum absolute atomic E-state index is 0.0956. The van der Waals surface area contributed by atoms with Gasteiger partial charge in [-0.3, -0.25) is 0 Å². The summed E-state index contributed by atoms with van der Waals surface area (Å²) in [6.45, 7) is 4.72. The first-order valence-electron chi connectivity index (χ1n) is 17.9. The van der Waals surface area contributed by atoms with E-state index in [1.54, 1.807) is 0 Å². The van der Waals surface area contributed by atoms with Crippen molar-refractivity contribution in [3.05, 3.63) is 221 Å². The lowest BCUT2D eigenvalue weighted by Gasteiger charge is -2.35. The van der Waals surface area contributed by atoms with Gasteiger partial charge in [0, 0.05) is 22.5 Å². The second-order valence-electron chi connectivity index (χ2n) is 14.5. The molecular formula is C50H37N. The third kappa shape index (κ3) is 4.28. The largest absolute Gasteiger partial charge is 0.310 e. The summed E-state index contributed by atoms with van der Waals surface area (Å²) in [4.78, 5) is 2.44. The highest BCUT2D eigenvalue weighted by Gasteiger charge is 2.46. The van der Waals surface area contributed by atoms with Crippen molar-refractivity contribution in [3.63, 3.8) is 0 Å². The van der Waals surface area contributed by atoms with Gasteiger partial charge in [-0.2, -0.15) is 0 Å². The van der Waals surface area contributed by atoms with E-state index >= 15 is 0 Å². The SMILES string of the molecule is CC1(C)c2ccccc2-c2ccc(N(c3ccccc3)c3ccc4c(c3)C(c3ccccc3)(c3ccccc3)c3cc5ccccc5cc3-4)cc21. The molecule has 0 saturated heterocycles. The van der Waals surface area contributed by atoms with E-state index in [1.165, 1.54) is 66.4 Å². The normalized spacial score (nSPS) is 14.4. The van der Waals surface area contributed by atoms with Gasteiger partial charge in [0.2, 0.25) is 0 Å². The van der Waals surface area contributed by atoms with Crippen LogP contribution >= 0.6 is 0 Å². The maximum Gasteiger partial charge on any atom is 0.0714 e. The predicted octanol–water partition coefficient (Wildman–Crippen LogP) is 13.0. The highest BCUT2D eigenvalue weighted by molar-refractivity contribution is 5.97. The molecule has 8 aromatic carbocycles. The van der Waals surface area contributed by atoms with E-state index in [9.17, 15) is 0 Å². The fraction of sp³-hybridized carbons (Fsp3) is 0.0800. The van der Waals surface area contributed by atoms with Gasteiger partial charge in [0.15, 0.2) is 0 Å². The smallest absolute Gasteiger partial charge is 0.0714 e. The number of nitrogens with zero attached hydrogens (tertiary/aromatic N) is 1. The van der Waals surface area contributed by atoms with Crippen LogP contribution in [0.3, 0.4) is 0 Å². The summed E-state index contributed by atoms with van der Waals surface area (Å²) in [5.41, 5.74) is 16.0. The molecule has 0 aliphatic heterocycles. The number of hydrogen-bond acceptors (Lipinski definition) is 1. The first kappa shape index (κ1) is 29.7. The van der Waals surface area contributed by atoms with Gasteiger partial charge >= 0.3 is 0 Å². The molecule has 0 unspecified atom stereocenters. The van der Waals surface area contributed by atoms with E-state index in [-0.39, 0.29) is 5.41 Å². The van der Waals surface area contributed by atoms with E-state index in [2.05, 4.69) is 207 Å². The zero-order valence-corrected chi connectivity index (χ0v) is 28.8. The zero-order valence-electron chi connectivity index (χ0n) is 28.8. The van der Waals surface area contributed by atoms with Crippen LogP contribution in [0.15, 0.2) is 188 Å². The lowest BCUT2D eigenvalue weighted by molar-refractivity contribution is 0.660. The number of rotatable bonds is 5. The van der Waals surface area contributed by atoms with E-state index in [0.29, 0.717) is 0 Å². The third-order valence-corrected chi connectivity index (χ3v) is 11.5. The molecule has 0 amide bonds. The molecule has 2 aliphatic carbocycles. The average Bonchev–Trinajstić information content (AvgIpc) is 3.60. The van der Waals surface area contributed by atoms with Gasteiger partial charge in [0.25, 0.3) is 0 Å². The van der Waals surface area contributed by atoms with Crippen molar-refractivity contribution in [1.82, 2.24) is 0 Å². The molecule has 8 aromatic rings. The minimum Gasteiger partial charge on any atom is -0.310 e. The molecule has 1 heteroatoms. The summed E-state index contributed by atoms with van der Waals surface area (Å²) in [6.07, 6.45) is 0. The Morgan fingerprint density at radius 1 is 0.333 bits per heavy atom. The van der Waals surface area contributed by atoms with E-state index in [4.69, 9.17) is 0 Å². The molecule has 0 saturated carbocycles. The van der Waals surface area contributed by atoms with Crippen LogP contribution in [0.4, 0.5) is 17.1 Å². The number of fused-ring (bicyclic) bond motifs is 7. The van der Waals surface area contributed by atoms with Crippen molar-refractivity contribution in [2.75, 3.05) is 4.90 Å². The Morgan fingerprint density at radius 2 is 0.804 bits per heavy atom. The molecule has 0 radical (unpaired) electrons. The molecule has 0 heterocycles. The Hall–Kier alpha value is -6.18. The van der Waals surface area contributed by atoms with Crippen LogP contribution in [0.25, 0.3) is 33.0 Å². The van der Waals surface area contributed by atoms with Crippen LogP contribution in [0.1, 0.15) is 47.2 Å². The monoisotopic (exact) mass is 651 g/mol. The zero-order chi connectivity index (χ0) is 34.2. The first-order valence-corrected chi connectivity index (χ1v) is 17.9. The Balaban J connectivity index is 1.25. The number of hydrogen-bond donors (Lipinski definition) is 0. The van der Waals surface area contributed by atoms with Crippen molar-refractivity contribution < 1.29 is 0 Å². The lowest BCUT2D eigenvalue weighted by Crippen LogP contribution is -2.28. The molecule has 0 atom stereocenters. The first-order chi connectivity index (χ1) is 25.0. The molecule has 0 bridgehead atoms.